The zero-order valence-corrected chi connectivity index (χ0v) is 11.1. The molecule has 3 heteroatoms. The number of hydrogen-bond donors (Lipinski definition) is 0. The average molecular weight is 162 g/mol. The van der Waals surface area contributed by atoms with Crippen LogP contribution in [0.4, 0.5) is 0 Å². The zero-order valence-electron chi connectivity index (χ0n) is 6.57. The average Bonchev–Trinajstić information content (AvgIpc) is 1.84. The van der Waals surface area contributed by atoms with Crippen LogP contribution in [-0.2, 0) is 0 Å². The van der Waals surface area contributed by atoms with E-state index in [9.17, 15) is 0 Å². The summed E-state index contributed by atoms with van der Waals surface area (Å²) in [5, 5.41) is 0. The minimum Gasteiger partial charge on any atom is -0.0771 e. The van der Waals surface area contributed by atoms with Crippen LogP contribution in [0.3, 0.4) is 0 Å². The van der Waals surface area contributed by atoms with E-state index in [1.165, 1.54) is 12.0 Å². The van der Waals surface area contributed by atoms with E-state index in [2.05, 4.69) is 20.4 Å². The van der Waals surface area contributed by atoms with Crippen LogP contribution < -0.4 is 0 Å². The van der Waals surface area contributed by atoms with Crippen molar-refractivity contribution < 1.29 is 0 Å². The lowest BCUT2D eigenvalue weighted by Crippen LogP contribution is -2.25. The highest BCUT2D eigenvalue weighted by atomic mass is 29.5. The second kappa shape index (κ2) is 4.52. The SMILES string of the molecule is CCC(C)[SiH]([SiH3])[SiH2]C. The molecule has 2 unspecified atom stereocenters. The normalized spacial score (nSPS) is 19.9. The summed E-state index contributed by atoms with van der Waals surface area (Å²) in [6.45, 7) is 7.29. The molecule has 0 aromatic rings. The number of hydrogen-bond acceptors (Lipinski definition) is 0. The van der Waals surface area contributed by atoms with Crippen LogP contribution >= 0.6 is 0 Å². The molecular formula is C5H18Si3. The van der Waals surface area contributed by atoms with Crippen LogP contribution in [0.2, 0.25) is 12.1 Å². The first-order chi connectivity index (χ1) is 3.72. The standard InChI is InChI=1S/C5H18Si3/c1-4-5(2)8(6)7-3/h5,8H,4,7H2,1-3,6H3. The number of rotatable bonds is 3. The summed E-state index contributed by atoms with van der Waals surface area (Å²) < 4.78 is 0. The topological polar surface area (TPSA) is 0 Å². The predicted octanol–water partition coefficient (Wildman–Crippen LogP) is -0.411. The molecule has 0 aliphatic rings. The maximum absolute atomic E-state index is 2.50. The highest BCUT2D eigenvalue weighted by molar-refractivity contribution is 7.35. The summed E-state index contributed by atoms with van der Waals surface area (Å²) in [6.07, 6.45) is 1.46. The Balaban J connectivity index is 3.29. The quantitative estimate of drug-likeness (QED) is 0.495. The van der Waals surface area contributed by atoms with Gasteiger partial charge in [-0.25, -0.2) is 0 Å². The smallest absolute Gasteiger partial charge is 0.0121 e. The molecule has 50 valence electrons. The second-order valence-corrected chi connectivity index (χ2v) is 22.3. The molecule has 0 fully saturated rings. The Hall–Kier alpha value is 0.651. The molecule has 0 aliphatic carbocycles. The first-order valence-corrected chi connectivity index (χ1v) is 13.7. The van der Waals surface area contributed by atoms with Crippen LogP contribution in [0.25, 0.3) is 0 Å². The van der Waals surface area contributed by atoms with Gasteiger partial charge >= 0.3 is 0 Å². The van der Waals surface area contributed by atoms with E-state index in [0.717, 1.165) is 0 Å². The highest BCUT2D eigenvalue weighted by Crippen LogP contribution is 2.09. The van der Waals surface area contributed by atoms with Crippen molar-refractivity contribution in [2.24, 2.45) is 0 Å². The van der Waals surface area contributed by atoms with Gasteiger partial charge in [-0.05, 0) is 9.76 Å². The van der Waals surface area contributed by atoms with Crippen molar-refractivity contribution in [2.75, 3.05) is 0 Å². The van der Waals surface area contributed by atoms with Gasteiger partial charge < -0.3 is 0 Å². The van der Waals surface area contributed by atoms with E-state index in [1.54, 1.807) is 9.76 Å². The van der Waals surface area contributed by atoms with Crippen molar-refractivity contribution in [3.63, 3.8) is 0 Å². The third kappa shape index (κ3) is 2.84. The largest absolute Gasteiger partial charge is 0.0771 e. The maximum atomic E-state index is 2.50. The van der Waals surface area contributed by atoms with Crippen LogP contribution in [0, 0.1) is 0 Å². The van der Waals surface area contributed by atoms with E-state index < -0.39 is 0 Å². The van der Waals surface area contributed by atoms with Gasteiger partial charge in [0.2, 0.25) is 0 Å². The molecule has 0 nitrogen and oxygen atoms in total. The lowest BCUT2D eigenvalue weighted by molar-refractivity contribution is 0.873. The molecule has 2 atom stereocenters. The first kappa shape index (κ1) is 8.65. The molecule has 8 heavy (non-hydrogen) atoms. The molecule has 0 saturated carbocycles. The Labute approximate surface area is 59.5 Å². The summed E-state index contributed by atoms with van der Waals surface area (Å²) >= 11 is 0. The van der Waals surface area contributed by atoms with Crippen molar-refractivity contribution in [1.82, 2.24) is 0 Å². The first-order valence-electron chi connectivity index (χ1n) is 3.72. The van der Waals surface area contributed by atoms with E-state index in [0.29, 0.717) is 9.04 Å². The molecule has 0 radical (unpaired) electrons. The van der Waals surface area contributed by atoms with E-state index in [-0.39, 0.29) is 7.83 Å². The van der Waals surface area contributed by atoms with Gasteiger partial charge in [-0.15, -0.1) is 0 Å². The Morgan fingerprint density at radius 3 is 2.38 bits per heavy atom. The van der Waals surface area contributed by atoms with E-state index >= 15 is 0 Å². The van der Waals surface area contributed by atoms with Gasteiger partial charge in [-0.3, -0.25) is 0 Å². The molecular weight excluding hydrogens is 144 g/mol. The van der Waals surface area contributed by atoms with E-state index in [4.69, 9.17) is 0 Å². The minimum absolute atomic E-state index is 0.00231. The second-order valence-electron chi connectivity index (χ2n) is 2.77. The third-order valence-corrected chi connectivity index (χ3v) is 23.0. The lowest BCUT2D eigenvalue weighted by Gasteiger charge is -2.12. The van der Waals surface area contributed by atoms with Gasteiger partial charge in [0.25, 0.3) is 0 Å². The highest BCUT2D eigenvalue weighted by Gasteiger charge is 2.07. The maximum Gasteiger partial charge on any atom is 0.0121 e. The van der Waals surface area contributed by atoms with Gasteiger partial charge in [0.05, 0.1) is 0 Å². The fourth-order valence-corrected chi connectivity index (χ4v) is 7.24. The monoisotopic (exact) mass is 162 g/mol. The Kier molecular flexibility index (Phi) is 4.89. The van der Waals surface area contributed by atoms with Gasteiger partial charge in [0.15, 0.2) is 0 Å². The molecule has 0 bridgehead atoms. The molecule has 0 amide bonds. The van der Waals surface area contributed by atoms with Crippen molar-refractivity contribution in [2.45, 2.75) is 32.4 Å². The third-order valence-electron chi connectivity index (χ3n) is 2.26. The summed E-state index contributed by atoms with van der Waals surface area (Å²) in [6, 6.07) is 0. The van der Waals surface area contributed by atoms with Gasteiger partial charge in [0.1, 0.15) is 0 Å². The minimum atomic E-state index is 0.00231. The summed E-state index contributed by atoms with van der Waals surface area (Å²) in [4.78, 5) is 0. The van der Waals surface area contributed by atoms with Crippen LogP contribution in [0.1, 0.15) is 20.3 Å². The molecule has 0 rings (SSSR count). The molecule has 0 saturated heterocycles. The van der Waals surface area contributed by atoms with Crippen molar-refractivity contribution in [3.8, 4) is 0 Å². The molecule has 0 N–H and O–H groups in total. The molecule has 0 spiro atoms. The van der Waals surface area contributed by atoms with Crippen LogP contribution in [-0.4, -0.2) is 26.6 Å². The van der Waals surface area contributed by atoms with Gasteiger partial charge in [-0.1, -0.05) is 32.4 Å². The Morgan fingerprint density at radius 1 is 1.75 bits per heavy atom. The van der Waals surface area contributed by atoms with Crippen molar-refractivity contribution in [1.29, 1.82) is 0 Å². The fraction of sp³-hybridized carbons (Fsp3) is 1.00. The predicted molar refractivity (Wildman–Crippen MR) is 51.2 cm³/mol. The van der Waals surface area contributed by atoms with Crippen molar-refractivity contribution in [3.05, 3.63) is 0 Å². The molecule has 0 aromatic carbocycles. The Bertz CT molecular complexity index is 47.6. The summed E-state index contributed by atoms with van der Waals surface area (Å²) in [7, 11) is 2.07. The molecule has 0 aromatic heterocycles. The van der Waals surface area contributed by atoms with Gasteiger partial charge in [0, 0.05) is 16.9 Å². The van der Waals surface area contributed by atoms with Crippen LogP contribution in [0.5, 0.6) is 0 Å². The molecule has 0 aliphatic heterocycles. The summed E-state index contributed by atoms with van der Waals surface area (Å²) in [5.74, 6) is 0. The molecule has 0 heterocycles. The Morgan fingerprint density at radius 2 is 2.25 bits per heavy atom. The van der Waals surface area contributed by atoms with Gasteiger partial charge in [-0.2, -0.15) is 0 Å². The van der Waals surface area contributed by atoms with Crippen molar-refractivity contribution >= 4 is 26.6 Å². The van der Waals surface area contributed by atoms with Crippen LogP contribution in [0.15, 0.2) is 0 Å². The summed E-state index contributed by atoms with van der Waals surface area (Å²) in [5.41, 5.74) is 1.18. The van der Waals surface area contributed by atoms with E-state index in [1.807, 2.05) is 0 Å². The lowest BCUT2D eigenvalue weighted by atomic mass is 10.4. The zero-order chi connectivity index (χ0) is 6.57. The fourth-order valence-electron chi connectivity index (χ4n) is 0.805.